The lowest BCUT2D eigenvalue weighted by molar-refractivity contribution is -0.146. The van der Waals surface area contributed by atoms with Crippen LogP contribution in [0.5, 0.6) is 0 Å². The van der Waals surface area contributed by atoms with Crippen molar-refractivity contribution in [1.29, 1.82) is 0 Å². The van der Waals surface area contributed by atoms with Crippen molar-refractivity contribution in [2.45, 2.75) is 39.8 Å². The molecule has 164 valence electrons. The van der Waals surface area contributed by atoms with Crippen LogP contribution in [-0.2, 0) is 22.6 Å². The summed E-state index contributed by atoms with van der Waals surface area (Å²) in [7, 11) is 3.26. The number of rotatable bonds is 5. The van der Waals surface area contributed by atoms with Crippen LogP contribution in [0.15, 0.2) is 35.3 Å². The molecule has 0 spiro atoms. The molecular weight excluding hydrogens is 493 g/mol. The van der Waals surface area contributed by atoms with Crippen molar-refractivity contribution >= 4 is 35.9 Å². The van der Waals surface area contributed by atoms with Gasteiger partial charge in [-0.1, -0.05) is 30.3 Å². The van der Waals surface area contributed by atoms with Crippen LogP contribution in [0.1, 0.15) is 35.4 Å². The number of carbonyl (C=O) groups is 1. The lowest BCUT2D eigenvalue weighted by Gasteiger charge is -2.33. The lowest BCUT2D eigenvalue weighted by Crippen LogP contribution is -2.46. The summed E-state index contributed by atoms with van der Waals surface area (Å²) in [6.45, 7) is 7.20. The molecule has 0 bridgehead atoms. The van der Waals surface area contributed by atoms with Crippen LogP contribution < -0.4 is 5.32 Å². The molecule has 30 heavy (non-hydrogen) atoms. The molecule has 0 radical (unpaired) electrons. The molecule has 8 heteroatoms. The summed E-state index contributed by atoms with van der Waals surface area (Å²) in [5.41, 5.74) is 4.64. The molecule has 1 aromatic heterocycles. The second-order valence-electron chi connectivity index (χ2n) is 7.48. The van der Waals surface area contributed by atoms with Gasteiger partial charge in [0.1, 0.15) is 0 Å². The SMILES string of the molecule is CN=C(NCc1c(C)nn(Cc2ccccc2)c1C)N1CCC(C(=O)OC)CC1.I. The zero-order valence-corrected chi connectivity index (χ0v) is 20.6. The topological polar surface area (TPSA) is 71.8 Å². The minimum absolute atomic E-state index is 0. The second-order valence-corrected chi connectivity index (χ2v) is 7.48. The smallest absolute Gasteiger partial charge is 0.308 e. The van der Waals surface area contributed by atoms with Gasteiger partial charge in [-0.3, -0.25) is 14.5 Å². The number of aromatic nitrogens is 2. The molecule has 0 saturated carbocycles. The van der Waals surface area contributed by atoms with Crippen molar-refractivity contribution < 1.29 is 9.53 Å². The highest BCUT2D eigenvalue weighted by atomic mass is 127. The van der Waals surface area contributed by atoms with Crippen molar-refractivity contribution in [3.63, 3.8) is 0 Å². The summed E-state index contributed by atoms with van der Waals surface area (Å²) in [6.07, 6.45) is 1.58. The van der Waals surface area contributed by atoms with E-state index in [2.05, 4.69) is 58.0 Å². The number of likely N-dealkylation sites (tertiary alicyclic amines) is 1. The Labute approximate surface area is 195 Å². The maximum atomic E-state index is 11.7. The number of nitrogens with one attached hydrogen (secondary N) is 1. The fraction of sp³-hybridized carbons (Fsp3) is 0.500. The molecule has 1 aliphatic heterocycles. The van der Waals surface area contributed by atoms with Crippen molar-refractivity contribution in [2.24, 2.45) is 10.9 Å². The van der Waals surface area contributed by atoms with Gasteiger partial charge < -0.3 is 15.0 Å². The average molecular weight is 525 g/mol. The Kier molecular flexibility index (Phi) is 9.13. The van der Waals surface area contributed by atoms with E-state index in [0.717, 1.165) is 44.1 Å². The largest absolute Gasteiger partial charge is 0.469 e. The summed E-state index contributed by atoms with van der Waals surface area (Å²) >= 11 is 0. The Morgan fingerprint density at radius 3 is 2.50 bits per heavy atom. The Hall–Kier alpha value is -2.10. The molecule has 1 aliphatic rings. The van der Waals surface area contributed by atoms with Crippen molar-refractivity contribution in [1.82, 2.24) is 20.0 Å². The van der Waals surface area contributed by atoms with Gasteiger partial charge in [0.05, 0.1) is 25.3 Å². The molecule has 7 nitrogen and oxygen atoms in total. The van der Waals surface area contributed by atoms with Crippen molar-refractivity contribution in [2.75, 3.05) is 27.2 Å². The number of hydrogen-bond donors (Lipinski definition) is 1. The Balaban J connectivity index is 0.00000320. The molecular formula is C22H32IN5O2. The highest BCUT2D eigenvalue weighted by molar-refractivity contribution is 14.0. The van der Waals surface area contributed by atoms with Gasteiger partial charge in [0.15, 0.2) is 5.96 Å². The van der Waals surface area contributed by atoms with E-state index in [1.54, 1.807) is 7.05 Å². The van der Waals surface area contributed by atoms with Gasteiger partial charge in [-0.2, -0.15) is 5.10 Å². The molecule has 3 rings (SSSR count). The van der Waals surface area contributed by atoms with Crippen LogP contribution in [0.3, 0.4) is 0 Å². The number of ether oxygens (including phenoxy) is 1. The molecule has 1 fully saturated rings. The Morgan fingerprint density at radius 2 is 1.90 bits per heavy atom. The molecule has 2 heterocycles. The highest BCUT2D eigenvalue weighted by Crippen LogP contribution is 2.19. The number of benzene rings is 1. The van der Waals surface area contributed by atoms with Gasteiger partial charge in [-0.05, 0) is 32.3 Å². The first kappa shape index (κ1) is 24.2. The van der Waals surface area contributed by atoms with E-state index < -0.39 is 0 Å². The summed E-state index contributed by atoms with van der Waals surface area (Å²) in [5, 5.41) is 8.21. The standard InChI is InChI=1S/C22H31N5O2.HI/c1-16-20(17(2)27(25-16)15-18-8-6-5-7-9-18)14-24-22(23-3)26-12-10-19(11-13-26)21(28)29-4;/h5-9,19H,10-15H2,1-4H3,(H,23,24);1H. The number of methoxy groups -OCH3 is 1. The molecule has 0 aliphatic carbocycles. The van der Waals surface area contributed by atoms with Crippen LogP contribution in [-0.4, -0.2) is 53.9 Å². The third-order valence-electron chi connectivity index (χ3n) is 5.67. The molecule has 0 amide bonds. The predicted octanol–water partition coefficient (Wildman–Crippen LogP) is 3.13. The van der Waals surface area contributed by atoms with E-state index in [0.29, 0.717) is 6.54 Å². The van der Waals surface area contributed by atoms with Crippen LogP contribution in [0.25, 0.3) is 0 Å². The first-order chi connectivity index (χ1) is 14.0. The average Bonchev–Trinajstić information content (AvgIpc) is 3.02. The van der Waals surface area contributed by atoms with Gasteiger partial charge in [-0.15, -0.1) is 24.0 Å². The third-order valence-corrected chi connectivity index (χ3v) is 5.67. The Morgan fingerprint density at radius 1 is 1.23 bits per heavy atom. The zero-order valence-electron chi connectivity index (χ0n) is 18.2. The summed E-state index contributed by atoms with van der Waals surface area (Å²) in [4.78, 5) is 18.4. The van der Waals surface area contributed by atoms with E-state index in [-0.39, 0.29) is 35.9 Å². The summed E-state index contributed by atoms with van der Waals surface area (Å²) < 4.78 is 6.94. The maximum Gasteiger partial charge on any atom is 0.308 e. The number of guanidine groups is 1. The van der Waals surface area contributed by atoms with Crippen LogP contribution >= 0.6 is 24.0 Å². The molecule has 0 atom stereocenters. The first-order valence-corrected chi connectivity index (χ1v) is 10.1. The van der Waals surface area contributed by atoms with E-state index in [1.165, 1.54) is 23.9 Å². The molecule has 2 aromatic rings. The highest BCUT2D eigenvalue weighted by Gasteiger charge is 2.27. The number of piperidine rings is 1. The van der Waals surface area contributed by atoms with E-state index >= 15 is 0 Å². The number of aryl methyl sites for hydroxylation is 1. The fourth-order valence-corrected chi connectivity index (χ4v) is 3.89. The second kappa shape index (κ2) is 11.3. The van der Waals surface area contributed by atoms with Gasteiger partial charge in [0.25, 0.3) is 0 Å². The van der Waals surface area contributed by atoms with Gasteiger partial charge in [0, 0.05) is 37.9 Å². The number of carbonyl (C=O) groups excluding carboxylic acids is 1. The monoisotopic (exact) mass is 525 g/mol. The summed E-state index contributed by atoms with van der Waals surface area (Å²) in [6, 6.07) is 10.4. The molecule has 1 saturated heterocycles. The lowest BCUT2D eigenvalue weighted by atomic mass is 9.97. The van der Waals surface area contributed by atoms with E-state index in [4.69, 9.17) is 9.84 Å². The van der Waals surface area contributed by atoms with Gasteiger partial charge in [-0.25, -0.2) is 0 Å². The minimum Gasteiger partial charge on any atom is -0.469 e. The van der Waals surface area contributed by atoms with Gasteiger partial charge >= 0.3 is 5.97 Å². The first-order valence-electron chi connectivity index (χ1n) is 10.1. The number of esters is 1. The number of aliphatic imine (C=N–C) groups is 1. The Bertz CT molecular complexity index is 858. The van der Waals surface area contributed by atoms with Crippen molar-refractivity contribution in [3.05, 3.63) is 52.8 Å². The van der Waals surface area contributed by atoms with Crippen LogP contribution in [0.2, 0.25) is 0 Å². The quantitative estimate of drug-likeness (QED) is 0.281. The zero-order chi connectivity index (χ0) is 20.8. The van der Waals surface area contributed by atoms with Crippen LogP contribution in [0.4, 0.5) is 0 Å². The molecule has 1 aromatic carbocycles. The minimum atomic E-state index is -0.107. The fourth-order valence-electron chi connectivity index (χ4n) is 3.89. The summed E-state index contributed by atoms with van der Waals surface area (Å²) in [5.74, 6) is 0.752. The van der Waals surface area contributed by atoms with Gasteiger partial charge in [0.2, 0.25) is 0 Å². The number of halogens is 1. The van der Waals surface area contributed by atoms with Crippen LogP contribution in [0, 0.1) is 19.8 Å². The van der Waals surface area contributed by atoms with Crippen molar-refractivity contribution in [3.8, 4) is 0 Å². The maximum absolute atomic E-state index is 11.7. The van der Waals surface area contributed by atoms with E-state index in [1.807, 2.05) is 6.07 Å². The van der Waals surface area contributed by atoms with E-state index in [9.17, 15) is 4.79 Å². The normalized spacial score (nSPS) is 14.9. The number of hydrogen-bond acceptors (Lipinski definition) is 4. The molecule has 1 N–H and O–H groups in total. The molecule has 0 unspecified atom stereocenters. The predicted molar refractivity (Wildman–Crippen MR) is 129 cm³/mol. The third kappa shape index (κ3) is 5.74. The number of nitrogens with zero attached hydrogens (tertiary/aromatic N) is 4.